The molecule has 0 saturated heterocycles. The molecule has 4 rings (SSSR count). The van der Waals surface area contributed by atoms with E-state index >= 15 is 0 Å². The molecule has 0 aliphatic carbocycles. The predicted molar refractivity (Wildman–Crippen MR) is 110 cm³/mol. The molecule has 3 aromatic carbocycles. The number of rotatable bonds is 3. The van der Waals surface area contributed by atoms with Crippen molar-refractivity contribution in [3.8, 4) is 22.8 Å². The number of aryl methyl sites for hydroxylation is 1. The molecular weight excluding hydrogens is 368 g/mol. The van der Waals surface area contributed by atoms with Crippen LogP contribution in [-0.2, 0) is 0 Å². The smallest absolute Gasteiger partial charge is 0.343 e. The lowest BCUT2D eigenvalue weighted by atomic mass is 10.1. The van der Waals surface area contributed by atoms with Gasteiger partial charge in [0.2, 0.25) is 0 Å². The lowest BCUT2D eigenvalue weighted by Crippen LogP contribution is -2.10. The van der Waals surface area contributed by atoms with E-state index in [-0.39, 0.29) is 33.5 Å². The fraction of sp³-hybridized carbons (Fsp3) is 0.0833. The predicted octanol–water partition coefficient (Wildman–Crippen LogP) is 5.00. The van der Waals surface area contributed by atoms with Crippen molar-refractivity contribution in [2.24, 2.45) is 0 Å². The average molecular weight is 386 g/mol. The summed E-state index contributed by atoms with van der Waals surface area (Å²) in [6.07, 6.45) is 0. The molecule has 0 unspecified atom stereocenters. The number of esters is 1. The largest absolute Gasteiger partial charge is 0.507 e. The van der Waals surface area contributed by atoms with Crippen LogP contribution in [0.5, 0.6) is 11.5 Å². The first-order chi connectivity index (χ1) is 13.9. The highest BCUT2D eigenvalue weighted by atomic mass is 16.5. The third-order valence-corrected chi connectivity index (χ3v) is 4.75. The molecule has 0 bridgehead atoms. The van der Waals surface area contributed by atoms with Crippen molar-refractivity contribution in [1.29, 1.82) is 0 Å². The number of benzene rings is 3. The number of hydrogen-bond acceptors (Lipinski definition) is 5. The molecule has 0 fully saturated rings. The SMILES string of the molecule is Cc1ccc(C(=O)Oc2cc3oc(-c4ccccc4)cc(=O)c3c(O)c2C)cc1. The Labute approximate surface area is 166 Å². The number of carbonyl (C=O) groups is 1. The number of phenols is 1. The zero-order chi connectivity index (χ0) is 20.5. The van der Waals surface area contributed by atoms with Crippen LogP contribution in [0.25, 0.3) is 22.3 Å². The van der Waals surface area contributed by atoms with Crippen molar-refractivity contribution in [2.45, 2.75) is 13.8 Å². The Morgan fingerprint density at radius 2 is 1.66 bits per heavy atom. The highest BCUT2D eigenvalue weighted by Crippen LogP contribution is 2.35. The van der Waals surface area contributed by atoms with Gasteiger partial charge in [0.1, 0.15) is 28.2 Å². The summed E-state index contributed by atoms with van der Waals surface area (Å²) in [4.78, 5) is 25.1. The zero-order valence-electron chi connectivity index (χ0n) is 15.9. The van der Waals surface area contributed by atoms with Gasteiger partial charge in [-0.15, -0.1) is 0 Å². The van der Waals surface area contributed by atoms with Gasteiger partial charge in [0, 0.05) is 23.3 Å². The summed E-state index contributed by atoms with van der Waals surface area (Å²) in [5, 5.41) is 10.6. The minimum Gasteiger partial charge on any atom is -0.507 e. The minimum absolute atomic E-state index is 0.0531. The third-order valence-electron chi connectivity index (χ3n) is 4.75. The van der Waals surface area contributed by atoms with E-state index in [1.54, 1.807) is 19.1 Å². The second kappa shape index (κ2) is 7.28. The van der Waals surface area contributed by atoms with Crippen molar-refractivity contribution < 1.29 is 19.1 Å². The fourth-order valence-electron chi connectivity index (χ4n) is 3.08. The Bertz CT molecular complexity index is 1270. The average Bonchev–Trinajstić information content (AvgIpc) is 2.72. The summed E-state index contributed by atoms with van der Waals surface area (Å²) in [6, 6.07) is 18.9. The molecule has 5 nitrogen and oxygen atoms in total. The van der Waals surface area contributed by atoms with Gasteiger partial charge in [-0.05, 0) is 26.0 Å². The summed E-state index contributed by atoms with van der Waals surface area (Å²) in [5.41, 5.74) is 2.20. The number of ether oxygens (including phenoxy) is 1. The molecule has 0 aliphatic heterocycles. The monoisotopic (exact) mass is 386 g/mol. The van der Waals surface area contributed by atoms with Crippen LogP contribution >= 0.6 is 0 Å². The van der Waals surface area contributed by atoms with Gasteiger partial charge < -0.3 is 14.3 Å². The first kappa shape index (κ1) is 18.5. The molecule has 0 amide bonds. The van der Waals surface area contributed by atoms with Gasteiger partial charge in [0.25, 0.3) is 0 Å². The lowest BCUT2D eigenvalue weighted by molar-refractivity contribution is 0.0733. The maximum atomic E-state index is 12.6. The van der Waals surface area contributed by atoms with Gasteiger partial charge in [0.15, 0.2) is 5.43 Å². The van der Waals surface area contributed by atoms with Crippen LogP contribution in [0.4, 0.5) is 0 Å². The van der Waals surface area contributed by atoms with Crippen molar-refractivity contribution in [3.05, 3.63) is 93.6 Å². The van der Waals surface area contributed by atoms with E-state index in [4.69, 9.17) is 9.15 Å². The summed E-state index contributed by atoms with van der Waals surface area (Å²) in [6.45, 7) is 3.50. The highest BCUT2D eigenvalue weighted by Gasteiger charge is 2.19. The van der Waals surface area contributed by atoms with E-state index in [1.807, 2.05) is 49.4 Å². The molecule has 0 aliphatic rings. The Kier molecular flexibility index (Phi) is 4.64. The molecular formula is C24H18O5. The topological polar surface area (TPSA) is 76.7 Å². The van der Waals surface area contributed by atoms with E-state index in [0.29, 0.717) is 11.3 Å². The van der Waals surface area contributed by atoms with Crippen LogP contribution in [0.2, 0.25) is 0 Å². The standard InChI is InChI=1S/C24H18O5/c1-14-8-10-17(11-9-14)24(27)29-19-13-21-22(23(26)15(19)2)18(25)12-20(28-21)16-6-4-3-5-7-16/h3-13,26H,1-2H3. The minimum atomic E-state index is -0.562. The van der Waals surface area contributed by atoms with Gasteiger partial charge in [-0.1, -0.05) is 48.0 Å². The van der Waals surface area contributed by atoms with Crippen LogP contribution in [0.1, 0.15) is 21.5 Å². The van der Waals surface area contributed by atoms with Crippen molar-refractivity contribution in [2.75, 3.05) is 0 Å². The molecule has 5 heteroatoms. The summed E-state index contributed by atoms with van der Waals surface area (Å²) in [5.74, 6) is -0.327. The van der Waals surface area contributed by atoms with Gasteiger partial charge >= 0.3 is 5.97 Å². The van der Waals surface area contributed by atoms with E-state index < -0.39 is 5.97 Å². The quantitative estimate of drug-likeness (QED) is 0.396. The zero-order valence-corrected chi connectivity index (χ0v) is 15.9. The second-order valence-corrected chi connectivity index (χ2v) is 6.82. The molecule has 144 valence electrons. The first-order valence-corrected chi connectivity index (χ1v) is 9.09. The normalized spacial score (nSPS) is 10.8. The van der Waals surface area contributed by atoms with Crippen LogP contribution < -0.4 is 10.2 Å². The van der Waals surface area contributed by atoms with Crippen molar-refractivity contribution >= 4 is 16.9 Å². The summed E-state index contributed by atoms with van der Waals surface area (Å²) >= 11 is 0. The molecule has 4 aromatic rings. The van der Waals surface area contributed by atoms with E-state index in [0.717, 1.165) is 11.1 Å². The van der Waals surface area contributed by atoms with E-state index in [9.17, 15) is 14.7 Å². The molecule has 0 spiro atoms. The summed E-state index contributed by atoms with van der Waals surface area (Å²) < 4.78 is 11.3. The Balaban J connectivity index is 1.80. The van der Waals surface area contributed by atoms with Gasteiger partial charge in [-0.3, -0.25) is 4.79 Å². The Hall–Kier alpha value is -3.86. The third kappa shape index (κ3) is 3.50. The Morgan fingerprint density at radius 1 is 0.966 bits per heavy atom. The lowest BCUT2D eigenvalue weighted by Gasteiger charge is -2.12. The van der Waals surface area contributed by atoms with Crippen LogP contribution in [0, 0.1) is 13.8 Å². The molecule has 29 heavy (non-hydrogen) atoms. The first-order valence-electron chi connectivity index (χ1n) is 9.09. The van der Waals surface area contributed by atoms with E-state index in [2.05, 4.69) is 0 Å². The number of carbonyl (C=O) groups excluding carboxylic acids is 1. The highest BCUT2D eigenvalue weighted by molar-refractivity contribution is 5.93. The van der Waals surface area contributed by atoms with Crippen LogP contribution in [0.3, 0.4) is 0 Å². The number of phenolic OH excluding ortho intramolecular Hbond substituents is 1. The molecule has 0 saturated carbocycles. The number of fused-ring (bicyclic) bond motifs is 1. The molecule has 0 radical (unpaired) electrons. The number of aromatic hydroxyl groups is 1. The van der Waals surface area contributed by atoms with Crippen molar-refractivity contribution in [3.63, 3.8) is 0 Å². The van der Waals surface area contributed by atoms with Crippen LogP contribution in [0.15, 0.2) is 75.9 Å². The van der Waals surface area contributed by atoms with Gasteiger partial charge in [-0.25, -0.2) is 4.79 Å². The van der Waals surface area contributed by atoms with E-state index in [1.165, 1.54) is 12.1 Å². The summed E-state index contributed by atoms with van der Waals surface area (Å²) in [7, 11) is 0. The van der Waals surface area contributed by atoms with Crippen LogP contribution in [-0.4, -0.2) is 11.1 Å². The maximum absolute atomic E-state index is 12.6. The molecule has 1 aromatic heterocycles. The second-order valence-electron chi connectivity index (χ2n) is 6.82. The molecule has 0 atom stereocenters. The maximum Gasteiger partial charge on any atom is 0.343 e. The van der Waals surface area contributed by atoms with Gasteiger partial charge in [-0.2, -0.15) is 0 Å². The van der Waals surface area contributed by atoms with Crippen molar-refractivity contribution in [1.82, 2.24) is 0 Å². The fourth-order valence-corrected chi connectivity index (χ4v) is 3.08. The Morgan fingerprint density at radius 3 is 2.34 bits per heavy atom. The molecule has 1 N–H and O–H groups in total. The van der Waals surface area contributed by atoms with Gasteiger partial charge in [0.05, 0.1) is 5.56 Å². The number of hydrogen-bond donors (Lipinski definition) is 1. The molecule has 1 heterocycles.